The van der Waals surface area contributed by atoms with Crippen molar-refractivity contribution in [2.24, 2.45) is 0 Å². The predicted octanol–water partition coefficient (Wildman–Crippen LogP) is 4.15. The molecule has 6 heteroatoms. The number of aromatic nitrogens is 1. The van der Waals surface area contributed by atoms with Crippen LogP contribution in [0.3, 0.4) is 0 Å². The van der Waals surface area contributed by atoms with Gasteiger partial charge in [-0.05, 0) is 32.6 Å². The van der Waals surface area contributed by atoms with E-state index in [-0.39, 0.29) is 5.75 Å². The molecule has 0 bridgehead atoms. The van der Waals surface area contributed by atoms with Crippen molar-refractivity contribution in [3.8, 4) is 30.4 Å². The van der Waals surface area contributed by atoms with Crippen LogP contribution in [0.25, 0.3) is 0 Å². The van der Waals surface area contributed by atoms with E-state index in [2.05, 4.69) is 16.8 Å². The number of carbonyl (C=O) groups excluding carboxylic acids is 2. The molecule has 0 aliphatic heterocycles. The third kappa shape index (κ3) is 16.3. The van der Waals surface area contributed by atoms with E-state index in [9.17, 15) is 14.7 Å². The zero-order valence-electron chi connectivity index (χ0n) is 18.5. The summed E-state index contributed by atoms with van der Waals surface area (Å²) in [6.45, 7) is 2.55. The molecule has 0 aliphatic rings. The highest BCUT2D eigenvalue weighted by atomic mass is 16.5. The van der Waals surface area contributed by atoms with Crippen LogP contribution in [0.4, 0.5) is 0 Å². The van der Waals surface area contributed by atoms with Gasteiger partial charge in [-0.2, -0.15) is 0 Å². The molecule has 1 N–H and O–H groups in total. The Bertz CT molecular complexity index is 633. The first-order chi connectivity index (χ1) is 14.5. The van der Waals surface area contributed by atoms with Crippen molar-refractivity contribution < 1.29 is 24.2 Å². The quantitative estimate of drug-likeness (QED) is 0.312. The number of ether oxygens (including phenoxy) is 2. The molecular weight excluding hydrogens is 382 g/mol. The summed E-state index contributed by atoms with van der Waals surface area (Å²) >= 11 is 0. The van der Waals surface area contributed by atoms with Crippen LogP contribution in [-0.4, -0.2) is 36.9 Å². The molecule has 6 nitrogen and oxygen atoms in total. The minimum atomic E-state index is 0.196. The van der Waals surface area contributed by atoms with Gasteiger partial charge in [0.25, 0.3) is 0 Å². The van der Waals surface area contributed by atoms with Gasteiger partial charge in [0.1, 0.15) is 18.3 Å². The summed E-state index contributed by atoms with van der Waals surface area (Å²) in [4.78, 5) is 23.5. The number of pyridine rings is 1. The van der Waals surface area contributed by atoms with Gasteiger partial charge >= 0.3 is 0 Å². The number of methoxy groups -OCH3 is 2. The fraction of sp³-hybridized carbons (Fsp3) is 0.542. The minimum Gasteiger partial charge on any atom is -0.506 e. The van der Waals surface area contributed by atoms with Crippen LogP contribution >= 0.6 is 0 Å². The maximum atomic E-state index is 9.74. The van der Waals surface area contributed by atoms with Gasteiger partial charge in [-0.25, -0.2) is 0 Å². The number of nitrogens with zero attached hydrogens (tertiary/aromatic N) is 1. The summed E-state index contributed by atoms with van der Waals surface area (Å²) in [7, 11) is 3.19. The van der Waals surface area contributed by atoms with E-state index >= 15 is 0 Å². The number of rotatable bonds is 12. The van der Waals surface area contributed by atoms with Crippen molar-refractivity contribution in [1.29, 1.82) is 0 Å². The third-order valence-corrected chi connectivity index (χ3v) is 3.80. The van der Waals surface area contributed by atoms with Gasteiger partial charge in [0, 0.05) is 57.2 Å². The molecule has 1 aromatic heterocycles. The predicted molar refractivity (Wildman–Crippen MR) is 119 cm³/mol. The van der Waals surface area contributed by atoms with E-state index in [1.54, 1.807) is 27.3 Å². The van der Waals surface area contributed by atoms with E-state index in [1.165, 1.54) is 0 Å². The maximum Gasteiger partial charge on any atom is 0.142 e. The number of aryl methyl sites for hydroxylation is 1. The Hall–Kier alpha value is -2.67. The number of hydrogen-bond acceptors (Lipinski definition) is 6. The second-order valence-electron chi connectivity index (χ2n) is 6.30. The molecule has 0 unspecified atom stereocenters. The second kappa shape index (κ2) is 22.6. The summed E-state index contributed by atoms with van der Waals surface area (Å²) in [6, 6.07) is 0. The Labute approximate surface area is 181 Å². The third-order valence-electron chi connectivity index (χ3n) is 3.80. The molecule has 0 fully saturated rings. The van der Waals surface area contributed by atoms with Gasteiger partial charge in [0.05, 0.1) is 18.9 Å². The van der Waals surface area contributed by atoms with Crippen LogP contribution in [0, 0.1) is 31.6 Å². The normalized spacial score (nSPS) is 9.10. The van der Waals surface area contributed by atoms with Crippen molar-refractivity contribution in [2.75, 3.05) is 14.2 Å². The SMILES string of the molecule is C#CCCCCC=O.C#CCCCCC=O.COCc1cnc(C)c(O)c1COC. The van der Waals surface area contributed by atoms with E-state index in [0.717, 1.165) is 62.2 Å². The largest absolute Gasteiger partial charge is 0.506 e. The average Bonchev–Trinajstić information content (AvgIpc) is 2.75. The van der Waals surface area contributed by atoms with E-state index in [0.29, 0.717) is 31.7 Å². The van der Waals surface area contributed by atoms with Crippen molar-refractivity contribution >= 4 is 12.6 Å². The van der Waals surface area contributed by atoms with Crippen LogP contribution < -0.4 is 0 Å². The lowest BCUT2D eigenvalue weighted by Crippen LogP contribution is -2.01. The number of carbonyl (C=O) groups is 2. The zero-order chi connectivity index (χ0) is 23.0. The first kappa shape index (κ1) is 29.5. The molecular formula is C24H35NO5. The van der Waals surface area contributed by atoms with Gasteiger partial charge in [0.15, 0.2) is 0 Å². The highest BCUT2D eigenvalue weighted by Crippen LogP contribution is 2.24. The molecule has 0 aromatic carbocycles. The Morgan fingerprint density at radius 3 is 1.87 bits per heavy atom. The summed E-state index contributed by atoms with van der Waals surface area (Å²) in [5, 5.41) is 9.74. The molecule has 30 heavy (non-hydrogen) atoms. The number of unbranched alkanes of at least 4 members (excludes halogenated alkanes) is 6. The summed E-state index contributed by atoms with van der Waals surface area (Å²) < 4.78 is 10.0. The van der Waals surface area contributed by atoms with Crippen LogP contribution in [0.15, 0.2) is 6.20 Å². The smallest absolute Gasteiger partial charge is 0.142 e. The summed E-state index contributed by atoms with van der Waals surface area (Å²) in [6.07, 6.45) is 20.2. The number of aldehydes is 2. The summed E-state index contributed by atoms with van der Waals surface area (Å²) in [5.41, 5.74) is 2.22. The lowest BCUT2D eigenvalue weighted by atomic mass is 10.1. The van der Waals surface area contributed by atoms with Gasteiger partial charge in [-0.1, -0.05) is 0 Å². The molecule has 166 valence electrons. The molecule has 0 saturated carbocycles. The lowest BCUT2D eigenvalue weighted by molar-refractivity contribution is -0.108. The molecule has 0 atom stereocenters. The van der Waals surface area contributed by atoms with E-state index in [1.807, 2.05) is 0 Å². The Kier molecular flexibility index (Phi) is 22.3. The minimum absolute atomic E-state index is 0.196. The molecule has 0 radical (unpaired) electrons. The Morgan fingerprint density at radius 2 is 1.47 bits per heavy atom. The number of terminal acetylenes is 2. The maximum absolute atomic E-state index is 9.74. The fourth-order valence-electron chi connectivity index (χ4n) is 2.18. The van der Waals surface area contributed by atoms with Crippen molar-refractivity contribution in [3.05, 3.63) is 23.0 Å². The first-order valence-electron chi connectivity index (χ1n) is 9.92. The molecule has 1 rings (SSSR count). The monoisotopic (exact) mass is 417 g/mol. The van der Waals surface area contributed by atoms with E-state index < -0.39 is 0 Å². The van der Waals surface area contributed by atoms with Crippen molar-refractivity contribution in [3.63, 3.8) is 0 Å². The fourth-order valence-corrected chi connectivity index (χ4v) is 2.18. The Morgan fingerprint density at radius 1 is 0.967 bits per heavy atom. The Balaban J connectivity index is 0. The van der Waals surface area contributed by atoms with Gasteiger partial charge in [-0.15, -0.1) is 24.7 Å². The molecule has 0 amide bonds. The van der Waals surface area contributed by atoms with Gasteiger partial charge in [0.2, 0.25) is 0 Å². The standard InChI is InChI=1S/C10H15NO3.2C7H10O/c1-7-10(12)9(6-14-3)8(4-11-7)5-13-2;2*1-2-3-4-5-6-7-8/h4,12H,5-6H2,1-3H3;2*1,7H,3-6H2. The molecule has 1 aromatic rings. The van der Waals surface area contributed by atoms with Crippen molar-refractivity contribution in [2.45, 2.75) is 71.5 Å². The molecule has 0 spiro atoms. The first-order valence-corrected chi connectivity index (χ1v) is 9.92. The molecule has 0 saturated heterocycles. The topological polar surface area (TPSA) is 85.7 Å². The van der Waals surface area contributed by atoms with Crippen LogP contribution in [0.5, 0.6) is 5.75 Å². The lowest BCUT2D eigenvalue weighted by Gasteiger charge is -2.11. The molecule has 0 aliphatic carbocycles. The second-order valence-corrected chi connectivity index (χ2v) is 6.30. The van der Waals surface area contributed by atoms with Crippen molar-refractivity contribution in [1.82, 2.24) is 4.98 Å². The van der Waals surface area contributed by atoms with E-state index in [4.69, 9.17) is 22.3 Å². The molecule has 1 heterocycles. The summed E-state index contributed by atoms with van der Waals surface area (Å²) in [5.74, 6) is 5.22. The number of aromatic hydroxyl groups is 1. The average molecular weight is 418 g/mol. The highest BCUT2D eigenvalue weighted by Gasteiger charge is 2.10. The highest BCUT2D eigenvalue weighted by molar-refractivity contribution is 5.49. The van der Waals surface area contributed by atoms with Crippen LogP contribution in [-0.2, 0) is 32.3 Å². The van der Waals surface area contributed by atoms with Crippen LogP contribution in [0.2, 0.25) is 0 Å². The van der Waals surface area contributed by atoms with Crippen LogP contribution in [0.1, 0.15) is 68.2 Å². The zero-order valence-corrected chi connectivity index (χ0v) is 18.5. The number of hydrogen-bond donors (Lipinski definition) is 1. The van der Waals surface area contributed by atoms with Gasteiger partial charge in [-0.3, -0.25) is 4.98 Å². The van der Waals surface area contributed by atoms with Gasteiger partial charge < -0.3 is 24.2 Å².